The number of carbonyl (C=O) groups excluding carboxylic acids is 1. The van der Waals surface area contributed by atoms with Crippen molar-refractivity contribution < 1.29 is 18.0 Å². The Morgan fingerprint density at radius 1 is 1.39 bits per heavy atom. The van der Waals surface area contributed by atoms with Crippen LogP contribution in [-0.2, 0) is 13.2 Å². The van der Waals surface area contributed by atoms with E-state index in [4.69, 9.17) is 0 Å². The Hall–Kier alpha value is -1.05. The summed E-state index contributed by atoms with van der Waals surface area (Å²) in [4.78, 5) is 12.4. The molecule has 2 bridgehead atoms. The standard InChI is InChI=1S/C15H19BrF3N3O/c1-7(10-6-8-3-4-9(10)5-8)20-14(23)12-11(16)13(15(17,18)19)21-22(12)2/h7-10H,3-6H2,1-2H3,(H,20,23)/t7-,8-,9-,10+/m1/s1. The molecule has 1 aromatic heterocycles. The fraction of sp³-hybridized carbons (Fsp3) is 0.733. The summed E-state index contributed by atoms with van der Waals surface area (Å²) in [5.41, 5.74) is -1.16. The van der Waals surface area contributed by atoms with E-state index in [1.54, 1.807) is 0 Å². The van der Waals surface area contributed by atoms with Crippen molar-refractivity contribution in [3.8, 4) is 0 Å². The molecular weight excluding hydrogens is 375 g/mol. The van der Waals surface area contributed by atoms with Gasteiger partial charge in [0.2, 0.25) is 0 Å². The first kappa shape index (κ1) is 16.8. The Kier molecular flexibility index (Phi) is 4.23. The lowest BCUT2D eigenvalue weighted by Gasteiger charge is -2.28. The van der Waals surface area contributed by atoms with Crippen LogP contribution in [0, 0.1) is 17.8 Å². The van der Waals surface area contributed by atoms with E-state index >= 15 is 0 Å². The van der Waals surface area contributed by atoms with Gasteiger partial charge in [-0.1, -0.05) is 6.42 Å². The van der Waals surface area contributed by atoms with Crippen LogP contribution in [0.25, 0.3) is 0 Å². The molecule has 0 radical (unpaired) electrons. The number of nitrogens with zero attached hydrogens (tertiary/aromatic N) is 2. The SMILES string of the molecule is C[C@@H](NC(=O)c1c(Br)c(C(F)(F)F)nn1C)[C@@H]1C[C@@H]2CC[C@@H]1C2. The third kappa shape index (κ3) is 3.02. The second-order valence-electron chi connectivity index (χ2n) is 6.73. The molecule has 2 aliphatic rings. The van der Waals surface area contributed by atoms with Gasteiger partial charge in [0.15, 0.2) is 5.69 Å². The van der Waals surface area contributed by atoms with Gasteiger partial charge >= 0.3 is 6.18 Å². The molecule has 0 aliphatic heterocycles. The number of hydrogen-bond donors (Lipinski definition) is 1. The normalized spacial score (nSPS) is 28.2. The molecule has 128 valence electrons. The van der Waals surface area contributed by atoms with E-state index in [0.29, 0.717) is 11.8 Å². The molecule has 0 spiro atoms. The fourth-order valence-corrected chi connectivity index (χ4v) is 4.96. The van der Waals surface area contributed by atoms with Crippen LogP contribution in [0.3, 0.4) is 0 Å². The molecule has 2 saturated carbocycles. The van der Waals surface area contributed by atoms with E-state index in [0.717, 1.165) is 17.0 Å². The zero-order valence-corrected chi connectivity index (χ0v) is 14.5. The van der Waals surface area contributed by atoms with E-state index in [1.165, 1.54) is 26.3 Å². The number of nitrogens with one attached hydrogen (secondary N) is 1. The molecule has 3 rings (SSSR count). The summed E-state index contributed by atoms with van der Waals surface area (Å²) in [6.45, 7) is 1.94. The summed E-state index contributed by atoms with van der Waals surface area (Å²) in [6.07, 6.45) is 0.198. The van der Waals surface area contributed by atoms with E-state index in [1.807, 2.05) is 6.92 Å². The molecular formula is C15H19BrF3N3O. The van der Waals surface area contributed by atoms with Crippen molar-refractivity contribution >= 4 is 21.8 Å². The third-order valence-corrected chi connectivity index (χ3v) is 6.02. The second kappa shape index (κ2) is 5.79. The van der Waals surface area contributed by atoms with Crippen molar-refractivity contribution in [1.29, 1.82) is 0 Å². The van der Waals surface area contributed by atoms with Gasteiger partial charge in [0.25, 0.3) is 5.91 Å². The lowest BCUT2D eigenvalue weighted by molar-refractivity contribution is -0.142. The van der Waals surface area contributed by atoms with Gasteiger partial charge in [-0.2, -0.15) is 18.3 Å². The van der Waals surface area contributed by atoms with Crippen LogP contribution < -0.4 is 5.32 Å². The van der Waals surface area contributed by atoms with Crippen molar-refractivity contribution in [2.75, 3.05) is 0 Å². The predicted octanol–water partition coefficient (Wildman–Crippen LogP) is 3.76. The average Bonchev–Trinajstić information content (AvgIpc) is 3.12. The van der Waals surface area contributed by atoms with Gasteiger partial charge in [0, 0.05) is 13.1 Å². The largest absolute Gasteiger partial charge is 0.436 e. The first-order valence-electron chi connectivity index (χ1n) is 7.79. The van der Waals surface area contributed by atoms with Crippen molar-refractivity contribution in [3.05, 3.63) is 15.9 Å². The Morgan fingerprint density at radius 3 is 2.57 bits per heavy atom. The molecule has 8 heteroatoms. The number of fused-ring (bicyclic) bond motifs is 2. The minimum atomic E-state index is -4.59. The highest BCUT2D eigenvalue weighted by Crippen LogP contribution is 2.49. The van der Waals surface area contributed by atoms with Gasteiger partial charge in [-0.3, -0.25) is 9.48 Å². The molecule has 1 heterocycles. The summed E-state index contributed by atoms with van der Waals surface area (Å²) in [7, 11) is 1.34. The second-order valence-corrected chi connectivity index (χ2v) is 7.53. The molecule has 0 aromatic carbocycles. The highest BCUT2D eigenvalue weighted by molar-refractivity contribution is 9.10. The Balaban J connectivity index is 1.75. The molecule has 1 aromatic rings. The first-order valence-corrected chi connectivity index (χ1v) is 8.58. The quantitative estimate of drug-likeness (QED) is 0.849. The summed E-state index contributed by atoms with van der Waals surface area (Å²) >= 11 is 2.88. The minimum Gasteiger partial charge on any atom is -0.348 e. The van der Waals surface area contributed by atoms with Gasteiger partial charge in [0.1, 0.15) is 5.69 Å². The fourth-order valence-electron chi connectivity index (χ4n) is 4.21. The molecule has 4 atom stereocenters. The van der Waals surface area contributed by atoms with Crippen LogP contribution in [0.2, 0.25) is 0 Å². The monoisotopic (exact) mass is 393 g/mol. The molecule has 2 aliphatic carbocycles. The molecule has 4 nitrogen and oxygen atoms in total. The van der Waals surface area contributed by atoms with Gasteiger partial charge in [-0.15, -0.1) is 0 Å². The van der Waals surface area contributed by atoms with Gasteiger partial charge < -0.3 is 5.32 Å². The van der Waals surface area contributed by atoms with Crippen LogP contribution in [0.5, 0.6) is 0 Å². The average molecular weight is 394 g/mol. The van der Waals surface area contributed by atoms with Crippen molar-refractivity contribution in [3.63, 3.8) is 0 Å². The molecule has 23 heavy (non-hydrogen) atoms. The Labute approximate surface area is 140 Å². The topological polar surface area (TPSA) is 46.9 Å². The van der Waals surface area contributed by atoms with E-state index in [-0.39, 0.29) is 16.2 Å². The maximum atomic E-state index is 12.9. The van der Waals surface area contributed by atoms with Crippen molar-refractivity contribution in [2.45, 2.75) is 44.8 Å². The maximum absolute atomic E-state index is 12.9. The lowest BCUT2D eigenvalue weighted by Crippen LogP contribution is -2.40. The van der Waals surface area contributed by atoms with Crippen LogP contribution in [0.1, 0.15) is 48.8 Å². The third-order valence-electron chi connectivity index (χ3n) is 5.27. The van der Waals surface area contributed by atoms with E-state index in [9.17, 15) is 18.0 Å². The summed E-state index contributed by atoms with van der Waals surface area (Å²) < 4.78 is 39.3. The van der Waals surface area contributed by atoms with Gasteiger partial charge in [-0.25, -0.2) is 0 Å². The van der Waals surface area contributed by atoms with Crippen molar-refractivity contribution in [2.24, 2.45) is 24.8 Å². The highest BCUT2D eigenvalue weighted by Gasteiger charge is 2.43. The molecule has 1 N–H and O–H groups in total. The lowest BCUT2D eigenvalue weighted by atomic mass is 9.84. The summed E-state index contributed by atoms with van der Waals surface area (Å²) in [6, 6.07) is -0.0473. The highest BCUT2D eigenvalue weighted by atomic mass is 79.9. The number of hydrogen-bond acceptors (Lipinski definition) is 2. The Bertz CT molecular complexity index is 628. The van der Waals surface area contributed by atoms with Crippen LogP contribution in [0.4, 0.5) is 13.2 Å². The number of halogens is 4. The first-order chi connectivity index (χ1) is 10.7. The van der Waals surface area contributed by atoms with E-state index < -0.39 is 17.8 Å². The zero-order chi connectivity index (χ0) is 16.9. The minimum absolute atomic E-state index is 0.0473. The Morgan fingerprint density at radius 2 is 2.09 bits per heavy atom. The molecule has 2 fully saturated rings. The summed E-state index contributed by atoms with van der Waals surface area (Å²) in [5.74, 6) is 1.30. The number of aromatic nitrogens is 2. The van der Waals surface area contributed by atoms with Gasteiger partial charge in [0.05, 0.1) is 4.47 Å². The number of rotatable bonds is 3. The predicted molar refractivity (Wildman–Crippen MR) is 81.8 cm³/mol. The van der Waals surface area contributed by atoms with Gasteiger partial charge in [-0.05, 0) is 59.9 Å². The number of carbonyl (C=O) groups is 1. The number of aryl methyl sites for hydroxylation is 1. The summed E-state index contributed by atoms with van der Waals surface area (Å²) in [5, 5.41) is 6.30. The number of alkyl halides is 3. The van der Waals surface area contributed by atoms with Crippen molar-refractivity contribution in [1.82, 2.24) is 15.1 Å². The smallest absolute Gasteiger partial charge is 0.348 e. The van der Waals surface area contributed by atoms with E-state index in [2.05, 4.69) is 26.3 Å². The number of amides is 1. The van der Waals surface area contributed by atoms with Crippen LogP contribution in [-0.4, -0.2) is 21.7 Å². The molecule has 0 unspecified atom stereocenters. The molecule has 1 amide bonds. The van der Waals surface area contributed by atoms with Crippen LogP contribution >= 0.6 is 15.9 Å². The maximum Gasteiger partial charge on any atom is 0.436 e. The molecule has 0 saturated heterocycles. The van der Waals surface area contributed by atoms with Crippen LogP contribution in [0.15, 0.2) is 4.47 Å². The zero-order valence-electron chi connectivity index (χ0n) is 13.0.